The molecule has 148 valence electrons. The molecule has 2 atom stereocenters. The number of morpholine rings is 1. The van der Waals surface area contributed by atoms with Crippen LogP contribution in [-0.4, -0.2) is 64.7 Å². The number of piperidine rings is 1. The first kappa shape index (κ1) is 18.7. The van der Waals surface area contributed by atoms with Crippen molar-refractivity contribution >= 4 is 11.8 Å². The van der Waals surface area contributed by atoms with E-state index in [1.807, 2.05) is 53.4 Å². The van der Waals surface area contributed by atoms with Gasteiger partial charge in [0.15, 0.2) is 0 Å². The summed E-state index contributed by atoms with van der Waals surface area (Å²) in [6.07, 6.45) is 6.25. The number of likely N-dealkylation sites (tertiary alicyclic amines) is 1. The van der Waals surface area contributed by atoms with Gasteiger partial charge in [-0.15, -0.1) is 0 Å². The quantitative estimate of drug-likeness (QED) is 0.854. The van der Waals surface area contributed by atoms with Gasteiger partial charge in [0.2, 0.25) is 11.8 Å². The van der Waals surface area contributed by atoms with Gasteiger partial charge < -0.3 is 14.5 Å². The minimum atomic E-state index is -0.510. The van der Waals surface area contributed by atoms with Crippen LogP contribution in [0.5, 0.6) is 0 Å². The molecule has 7 heteroatoms. The lowest BCUT2D eigenvalue weighted by atomic mass is 9.76. The molecule has 0 unspecified atom stereocenters. The van der Waals surface area contributed by atoms with Gasteiger partial charge in [-0.1, -0.05) is 30.3 Å². The van der Waals surface area contributed by atoms with E-state index in [2.05, 4.69) is 10.2 Å². The summed E-state index contributed by atoms with van der Waals surface area (Å²) in [5, 5.41) is 6.73. The molecule has 2 saturated heterocycles. The number of carbonyl (C=O) groups is 2. The number of hydrogen-bond donors (Lipinski definition) is 1. The SMILES string of the molecule is CN1C(=O)CO[C@@H]2CN(C(=O)CCCc3cn[nH]c3)CC[C@]21c1ccccc1. The fraction of sp³-hybridized carbons (Fsp3) is 0.476. The van der Waals surface area contributed by atoms with Crippen molar-refractivity contribution in [1.29, 1.82) is 0 Å². The second-order valence-corrected chi connectivity index (χ2v) is 7.59. The minimum absolute atomic E-state index is 0.0139. The summed E-state index contributed by atoms with van der Waals surface area (Å²) >= 11 is 0. The lowest BCUT2D eigenvalue weighted by molar-refractivity contribution is -0.184. The van der Waals surface area contributed by atoms with Crippen LogP contribution in [0, 0.1) is 0 Å². The molecule has 0 radical (unpaired) electrons. The molecular formula is C21H26N4O3. The molecule has 4 rings (SSSR count). The van der Waals surface area contributed by atoms with E-state index in [0.717, 1.165) is 24.0 Å². The van der Waals surface area contributed by atoms with Gasteiger partial charge in [0.25, 0.3) is 0 Å². The molecule has 0 saturated carbocycles. The Kier molecular flexibility index (Phi) is 5.17. The third-order valence-corrected chi connectivity index (χ3v) is 6.10. The molecule has 3 heterocycles. The molecule has 2 aliphatic rings. The van der Waals surface area contributed by atoms with Crippen LogP contribution in [-0.2, 0) is 26.3 Å². The Balaban J connectivity index is 1.46. The zero-order chi connectivity index (χ0) is 19.6. The Morgan fingerprint density at radius 3 is 2.93 bits per heavy atom. The molecule has 2 aliphatic heterocycles. The number of rotatable bonds is 5. The van der Waals surface area contributed by atoms with Crippen LogP contribution < -0.4 is 0 Å². The average Bonchev–Trinajstić information content (AvgIpc) is 3.24. The number of ether oxygens (including phenoxy) is 1. The molecule has 0 aliphatic carbocycles. The van der Waals surface area contributed by atoms with E-state index in [1.54, 1.807) is 6.20 Å². The summed E-state index contributed by atoms with van der Waals surface area (Å²) in [7, 11) is 1.85. The number of amides is 2. The van der Waals surface area contributed by atoms with E-state index < -0.39 is 5.54 Å². The molecule has 0 spiro atoms. The molecule has 0 bridgehead atoms. The van der Waals surface area contributed by atoms with Crippen molar-refractivity contribution in [3.8, 4) is 0 Å². The highest BCUT2D eigenvalue weighted by Gasteiger charge is 2.53. The Labute approximate surface area is 164 Å². The van der Waals surface area contributed by atoms with Crippen molar-refractivity contribution in [1.82, 2.24) is 20.0 Å². The van der Waals surface area contributed by atoms with E-state index >= 15 is 0 Å². The van der Waals surface area contributed by atoms with E-state index in [0.29, 0.717) is 25.9 Å². The van der Waals surface area contributed by atoms with Gasteiger partial charge in [0.1, 0.15) is 12.7 Å². The highest BCUT2D eigenvalue weighted by molar-refractivity contribution is 5.80. The molecule has 28 heavy (non-hydrogen) atoms. The van der Waals surface area contributed by atoms with E-state index in [1.165, 1.54) is 0 Å². The molecule has 1 aromatic carbocycles. The van der Waals surface area contributed by atoms with Gasteiger partial charge in [-0.25, -0.2) is 0 Å². The number of likely N-dealkylation sites (N-methyl/N-ethyl adjacent to an activating group) is 1. The standard InChI is InChI=1S/C21H26N4O3/c1-24-20(27)15-28-18-14-25(19(26)9-5-6-16-12-22-23-13-16)11-10-21(18,24)17-7-3-2-4-8-17/h2-4,7-8,12-13,18H,5-6,9-11,14-15H2,1H3,(H,22,23)/t18-,21+/m1/s1. The summed E-state index contributed by atoms with van der Waals surface area (Å²) in [6, 6.07) is 10.0. The number of carbonyl (C=O) groups excluding carboxylic acids is 2. The zero-order valence-electron chi connectivity index (χ0n) is 16.1. The minimum Gasteiger partial charge on any atom is -0.364 e. The molecule has 2 aromatic rings. The molecule has 1 aromatic heterocycles. The number of aromatic amines is 1. The Bertz CT molecular complexity index is 823. The molecule has 1 N–H and O–H groups in total. The number of aryl methyl sites for hydroxylation is 1. The Morgan fingerprint density at radius 2 is 2.18 bits per heavy atom. The Hall–Kier alpha value is -2.67. The van der Waals surface area contributed by atoms with Gasteiger partial charge in [0.05, 0.1) is 11.7 Å². The van der Waals surface area contributed by atoms with Crippen molar-refractivity contribution in [2.45, 2.75) is 37.3 Å². The third-order valence-electron chi connectivity index (χ3n) is 6.10. The van der Waals surface area contributed by atoms with Crippen LogP contribution >= 0.6 is 0 Å². The molecular weight excluding hydrogens is 356 g/mol. The normalized spacial score (nSPS) is 24.9. The summed E-state index contributed by atoms with van der Waals surface area (Å²) < 4.78 is 5.97. The van der Waals surface area contributed by atoms with E-state index in [9.17, 15) is 9.59 Å². The number of H-pyrrole nitrogens is 1. The molecule has 2 amide bonds. The fourth-order valence-corrected chi connectivity index (χ4v) is 4.47. The van der Waals surface area contributed by atoms with E-state index in [4.69, 9.17) is 4.74 Å². The van der Waals surface area contributed by atoms with Gasteiger partial charge >= 0.3 is 0 Å². The van der Waals surface area contributed by atoms with Gasteiger partial charge in [-0.3, -0.25) is 14.7 Å². The van der Waals surface area contributed by atoms with Crippen LogP contribution in [0.1, 0.15) is 30.4 Å². The van der Waals surface area contributed by atoms with Crippen LogP contribution in [0.15, 0.2) is 42.7 Å². The largest absolute Gasteiger partial charge is 0.364 e. The maximum Gasteiger partial charge on any atom is 0.249 e. The second kappa shape index (κ2) is 7.75. The number of nitrogens with zero attached hydrogens (tertiary/aromatic N) is 3. The van der Waals surface area contributed by atoms with Crippen molar-refractivity contribution in [3.05, 3.63) is 53.9 Å². The van der Waals surface area contributed by atoms with Crippen molar-refractivity contribution in [3.63, 3.8) is 0 Å². The topological polar surface area (TPSA) is 78.5 Å². The predicted molar refractivity (Wildman–Crippen MR) is 103 cm³/mol. The number of benzene rings is 1. The molecule has 7 nitrogen and oxygen atoms in total. The summed E-state index contributed by atoms with van der Waals surface area (Å²) in [6.45, 7) is 1.20. The second-order valence-electron chi connectivity index (χ2n) is 7.59. The van der Waals surface area contributed by atoms with Gasteiger partial charge in [-0.05, 0) is 30.4 Å². The summed E-state index contributed by atoms with van der Waals surface area (Å²) in [4.78, 5) is 28.9. The monoisotopic (exact) mass is 382 g/mol. The third kappa shape index (κ3) is 3.30. The number of nitrogens with one attached hydrogen (secondary N) is 1. The average molecular weight is 382 g/mol. The van der Waals surface area contributed by atoms with Crippen LogP contribution in [0.2, 0.25) is 0 Å². The first-order chi connectivity index (χ1) is 13.6. The molecule has 2 fully saturated rings. The van der Waals surface area contributed by atoms with Gasteiger partial charge in [0, 0.05) is 32.8 Å². The Morgan fingerprint density at radius 1 is 1.36 bits per heavy atom. The maximum absolute atomic E-state index is 12.8. The van der Waals surface area contributed by atoms with Crippen LogP contribution in [0.4, 0.5) is 0 Å². The number of hydrogen-bond acceptors (Lipinski definition) is 4. The smallest absolute Gasteiger partial charge is 0.249 e. The van der Waals surface area contributed by atoms with Crippen molar-refractivity contribution in [2.75, 3.05) is 26.7 Å². The summed E-state index contributed by atoms with van der Waals surface area (Å²) in [5.74, 6) is 0.133. The zero-order valence-corrected chi connectivity index (χ0v) is 16.1. The van der Waals surface area contributed by atoms with Crippen LogP contribution in [0.3, 0.4) is 0 Å². The fourth-order valence-electron chi connectivity index (χ4n) is 4.47. The van der Waals surface area contributed by atoms with Crippen LogP contribution in [0.25, 0.3) is 0 Å². The lowest BCUT2D eigenvalue weighted by Crippen LogP contribution is -2.67. The highest BCUT2D eigenvalue weighted by atomic mass is 16.5. The predicted octanol–water partition coefficient (Wildman–Crippen LogP) is 1.72. The first-order valence-electron chi connectivity index (χ1n) is 9.80. The van der Waals surface area contributed by atoms with Crippen molar-refractivity contribution < 1.29 is 14.3 Å². The summed E-state index contributed by atoms with van der Waals surface area (Å²) in [5.41, 5.74) is 1.68. The first-order valence-corrected chi connectivity index (χ1v) is 9.80. The number of fused-ring (bicyclic) bond motifs is 1. The van der Waals surface area contributed by atoms with Gasteiger partial charge in [-0.2, -0.15) is 5.10 Å². The number of aromatic nitrogens is 2. The highest BCUT2D eigenvalue weighted by Crippen LogP contribution is 2.42. The van der Waals surface area contributed by atoms with E-state index in [-0.39, 0.29) is 24.5 Å². The maximum atomic E-state index is 12.8. The van der Waals surface area contributed by atoms with Crippen molar-refractivity contribution in [2.24, 2.45) is 0 Å². The lowest BCUT2D eigenvalue weighted by Gasteiger charge is -2.54.